The van der Waals surface area contributed by atoms with Gasteiger partial charge in [0, 0.05) is 19.0 Å². The molecule has 0 radical (unpaired) electrons. The van der Waals surface area contributed by atoms with Gasteiger partial charge < -0.3 is 15.7 Å². The number of aliphatic hydroxyl groups is 1. The third kappa shape index (κ3) is 6.05. The summed E-state index contributed by atoms with van der Waals surface area (Å²) in [5.74, 6) is -0.143. The Bertz CT molecular complexity index is 382. The molecule has 1 aromatic rings. The molecule has 1 aromatic carbocycles. The van der Waals surface area contributed by atoms with E-state index >= 15 is 0 Å². The van der Waals surface area contributed by atoms with Crippen LogP contribution >= 0.6 is 12.4 Å². The SMILES string of the molecule is CNCC(C)C(=O)NCC(O)c1ccc(C)cc1.Cl. The van der Waals surface area contributed by atoms with Gasteiger partial charge in [0.15, 0.2) is 0 Å². The lowest BCUT2D eigenvalue weighted by Crippen LogP contribution is -2.36. The normalized spacial score (nSPS) is 13.3. The Morgan fingerprint density at radius 2 is 1.84 bits per heavy atom. The number of carbonyl (C=O) groups excluding carboxylic acids is 1. The number of hydrogen-bond acceptors (Lipinski definition) is 3. The number of nitrogens with one attached hydrogen (secondary N) is 2. The van der Waals surface area contributed by atoms with Gasteiger partial charge in [0.2, 0.25) is 5.91 Å². The minimum absolute atomic E-state index is 0. The molecule has 0 aliphatic carbocycles. The minimum Gasteiger partial charge on any atom is -0.387 e. The van der Waals surface area contributed by atoms with Crippen LogP contribution in [-0.4, -0.2) is 31.2 Å². The Labute approximate surface area is 121 Å². The summed E-state index contributed by atoms with van der Waals surface area (Å²) in [7, 11) is 1.81. The monoisotopic (exact) mass is 286 g/mol. The van der Waals surface area contributed by atoms with Gasteiger partial charge in [-0.1, -0.05) is 36.8 Å². The molecule has 1 amide bonds. The van der Waals surface area contributed by atoms with Crippen LogP contribution in [-0.2, 0) is 4.79 Å². The van der Waals surface area contributed by atoms with Crippen molar-refractivity contribution < 1.29 is 9.90 Å². The number of aliphatic hydroxyl groups excluding tert-OH is 1. The molecule has 0 saturated carbocycles. The molecule has 0 spiro atoms. The van der Waals surface area contributed by atoms with Crippen LogP contribution in [0.5, 0.6) is 0 Å². The predicted octanol–water partition coefficient (Wildman–Crippen LogP) is 1.42. The topological polar surface area (TPSA) is 61.4 Å². The number of rotatable bonds is 6. The molecule has 0 aromatic heterocycles. The Hall–Kier alpha value is -1.10. The van der Waals surface area contributed by atoms with Crippen molar-refractivity contribution in [3.8, 4) is 0 Å². The van der Waals surface area contributed by atoms with E-state index in [1.807, 2.05) is 45.2 Å². The summed E-state index contributed by atoms with van der Waals surface area (Å²) < 4.78 is 0. The quantitative estimate of drug-likeness (QED) is 0.741. The lowest BCUT2D eigenvalue weighted by molar-refractivity contribution is -0.124. The van der Waals surface area contributed by atoms with E-state index in [9.17, 15) is 9.90 Å². The highest BCUT2D eigenvalue weighted by Crippen LogP contribution is 2.12. The van der Waals surface area contributed by atoms with Crippen LogP contribution in [0.15, 0.2) is 24.3 Å². The molecule has 3 N–H and O–H groups in total. The predicted molar refractivity (Wildman–Crippen MR) is 79.5 cm³/mol. The summed E-state index contributed by atoms with van der Waals surface area (Å²) in [5, 5.41) is 15.6. The molecule has 19 heavy (non-hydrogen) atoms. The zero-order valence-corrected chi connectivity index (χ0v) is 12.5. The zero-order valence-electron chi connectivity index (χ0n) is 11.6. The summed E-state index contributed by atoms with van der Waals surface area (Å²) in [5.41, 5.74) is 1.97. The third-order valence-corrected chi connectivity index (χ3v) is 2.89. The summed E-state index contributed by atoms with van der Waals surface area (Å²) in [6, 6.07) is 7.65. The lowest BCUT2D eigenvalue weighted by atomic mass is 10.1. The van der Waals surface area contributed by atoms with Gasteiger partial charge in [-0.3, -0.25) is 4.79 Å². The van der Waals surface area contributed by atoms with E-state index in [0.717, 1.165) is 11.1 Å². The van der Waals surface area contributed by atoms with Crippen LogP contribution in [0.4, 0.5) is 0 Å². The highest BCUT2D eigenvalue weighted by Gasteiger charge is 2.14. The number of carbonyl (C=O) groups is 1. The summed E-state index contributed by atoms with van der Waals surface area (Å²) in [6.07, 6.45) is -0.656. The van der Waals surface area contributed by atoms with Gasteiger partial charge in [0.05, 0.1) is 6.10 Å². The van der Waals surface area contributed by atoms with Gasteiger partial charge in [-0.2, -0.15) is 0 Å². The average molecular weight is 287 g/mol. The maximum atomic E-state index is 11.7. The van der Waals surface area contributed by atoms with Gasteiger partial charge in [-0.15, -0.1) is 12.4 Å². The van der Waals surface area contributed by atoms with E-state index in [4.69, 9.17) is 0 Å². The summed E-state index contributed by atoms with van der Waals surface area (Å²) in [6.45, 7) is 4.73. The molecule has 2 atom stereocenters. The van der Waals surface area contributed by atoms with Crippen molar-refractivity contribution >= 4 is 18.3 Å². The fourth-order valence-electron chi connectivity index (χ4n) is 1.68. The maximum absolute atomic E-state index is 11.7. The van der Waals surface area contributed by atoms with E-state index in [0.29, 0.717) is 6.54 Å². The van der Waals surface area contributed by atoms with Crippen molar-refractivity contribution in [2.45, 2.75) is 20.0 Å². The van der Waals surface area contributed by atoms with Crippen molar-refractivity contribution in [1.29, 1.82) is 0 Å². The lowest BCUT2D eigenvalue weighted by Gasteiger charge is -2.15. The van der Waals surface area contributed by atoms with Gasteiger partial charge >= 0.3 is 0 Å². The molecule has 0 aliphatic heterocycles. The molecule has 0 aliphatic rings. The van der Waals surface area contributed by atoms with Gasteiger partial charge in [0.1, 0.15) is 0 Å². The molecule has 0 heterocycles. The van der Waals surface area contributed by atoms with Crippen molar-refractivity contribution in [2.24, 2.45) is 5.92 Å². The Balaban J connectivity index is 0.00000324. The molecule has 2 unspecified atom stereocenters. The smallest absolute Gasteiger partial charge is 0.224 e. The first-order valence-corrected chi connectivity index (χ1v) is 6.21. The summed E-state index contributed by atoms with van der Waals surface area (Å²) in [4.78, 5) is 11.7. The van der Waals surface area contributed by atoms with Gasteiger partial charge in [0.25, 0.3) is 0 Å². The molecule has 108 valence electrons. The standard InChI is InChI=1S/C14H22N2O2.ClH/c1-10-4-6-12(7-5-10)13(17)9-16-14(18)11(2)8-15-3;/h4-7,11,13,15,17H,8-9H2,1-3H3,(H,16,18);1H. The van der Waals surface area contributed by atoms with Crippen LogP contribution in [0.1, 0.15) is 24.2 Å². The van der Waals surface area contributed by atoms with Crippen LogP contribution in [0.3, 0.4) is 0 Å². The molecule has 0 fully saturated rings. The van der Waals surface area contributed by atoms with E-state index in [-0.39, 0.29) is 30.8 Å². The highest BCUT2D eigenvalue weighted by atomic mass is 35.5. The van der Waals surface area contributed by atoms with Crippen LogP contribution in [0.25, 0.3) is 0 Å². The third-order valence-electron chi connectivity index (χ3n) is 2.89. The Morgan fingerprint density at radius 1 is 1.26 bits per heavy atom. The first-order valence-electron chi connectivity index (χ1n) is 6.21. The van der Waals surface area contributed by atoms with E-state index < -0.39 is 6.10 Å². The molecule has 0 saturated heterocycles. The number of benzene rings is 1. The second kappa shape index (κ2) is 8.91. The van der Waals surface area contributed by atoms with Crippen LogP contribution in [0.2, 0.25) is 0 Å². The minimum atomic E-state index is -0.656. The molecular formula is C14H23ClN2O2. The van der Waals surface area contributed by atoms with E-state index in [2.05, 4.69) is 10.6 Å². The maximum Gasteiger partial charge on any atom is 0.224 e. The van der Waals surface area contributed by atoms with Crippen LogP contribution in [0, 0.1) is 12.8 Å². The summed E-state index contributed by atoms with van der Waals surface area (Å²) >= 11 is 0. The molecule has 4 nitrogen and oxygen atoms in total. The second-order valence-corrected chi connectivity index (χ2v) is 4.63. The zero-order chi connectivity index (χ0) is 13.5. The van der Waals surface area contributed by atoms with Crippen molar-refractivity contribution in [3.05, 3.63) is 35.4 Å². The van der Waals surface area contributed by atoms with E-state index in [1.165, 1.54) is 0 Å². The van der Waals surface area contributed by atoms with Crippen LogP contribution < -0.4 is 10.6 Å². The molecule has 0 bridgehead atoms. The first-order chi connectivity index (χ1) is 8.54. The number of aryl methyl sites for hydroxylation is 1. The van der Waals surface area contributed by atoms with Gasteiger partial charge in [-0.05, 0) is 19.5 Å². The van der Waals surface area contributed by atoms with Gasteiger partial charge in [-0.25, -0.2) is 0 Å². The second-order valence-electron chi connectivity index (χ2n) is 4.63. The molecule has 1 rings (SSSR count). The van der Waals surface area contributed by atoms with Crippen molar-refractivity contribution in [3.63, 3.8) is 0 Å². The Morgan fingerprint density at radius 3 is 2.37 bits per heavy atom. The largest absolute Gasteiger partial charge is 0.387 e. The fourth-order valence-corrected chi connectivity index (χ4v) is 1.68. The van der Waals surface area contributed by atoms with Crippen molar-refractivity contribution in [1.82, 2.24) is 10.6 Å². The Kier molecular flexibility index (Phi) is 8.39. The highest BCUT2D eigenvalue weighted by molar-refractivity contribution is 5.85. The average Bonchev–Trinajstić information content (AvgIpc) is 2.36. The number of hydrogen-bond donors (Lipinski definition) is 3. The number of halogens is 1. The number of amides is 1. The first kappa shape index (κ1) is 17.9. The molecule has 5 heteroatoms. The van der Waals surface area contributed by atoms with E-state index in [1.54, 1.807) is 0 Å². The van der Waals surface area contributed by atoms with Crippen molar-refractivity contribution in [2.75, 3.05) is 20.1 Å². The fraction of sp³-hybridized carbons (Fsp3) is 0.500. The molecular weight excluding hydrogens is 264 g/mol.